The zero-order chi connectivity index (χ0) is 31.7. The maximum atomic E-state index is 12.1. The van der Waals surface area contributed by atoms with Gasteiger partial charge in [-0.1, -0.05) is 116 Å². The molecule has 3 aromatic rings. The van der Waals surface area contributed by atoms with Gasteiger partial charge < -0.3 is 15.3 Å². The first-order valence-corrected chi connectivity index (χ1v) is 14.9. The Hall–Kier alpha value is -2.94. The van der Waals surface area contributed by atoms with Gasteiger partial charge in [-0.3, -0.25) is 0 Å². The smallest absolute Gasteiger partial charge is 0.131 e. The fourth-order valence-electron chi connectivity index (χ4n) is 5.17. The number of benzene rings is 3. The fraction of sp³-hybridized carbons (Fsp3) is 0.526. The van der Waals surface area contributed by atoms with Gasteiger partial charge in [0.25, 0.3) is 0 Å². The van der Waals surface area contributed by atoms with E-state index in [4.69, 9.17) is 0 Å². The average Bonchev–Trinajstić information content (AvgIpc) is 2.76. The predicted octanol–water partition coefficient (Wildman–Crippen LogP) is 10.6. The average molecular weight is 559 g/mol. The molecule has 0 unspecified atom stereocenters. The zero-order valence-electron chi connectivity index (χ0n) is 28.3. The van der Waals surface area contributed by atoms with Crippen LogP contribution in [0.2, 0.25) is 0 Å². The van der Waals surface area contributed by atoms with E-state index in [1.807, 2.05) is 24.3 Å². The minimum atomic E-state index is -0.304. The molecule has 0 atom stereocenters. The van der Waals surface area contributed by atoms with Crippen LogP contribution in [0.5, 0.6) is 17.2 Å². The molecule has 0 bridgehead atoms. The van der Waals surface area contributed by atoms with Gasteiger partial charge in [0.05, 0.1) is 0 Å². The molecule has 0 aliphatic carbocycles. The summed E-state index contributed by atoms with van der Waals surface area (Å²) >= 11 is 0. The molecular formula is C38H54O3. The van der Waals surface area contributed by atoms with E-state index in [9.17, 15) is 15.3 Å². The van der Waals surface area contributed by atoms with E-state index in [1.54, 1.807) is 0 Å². The van der Waals surface area contributed by atoms with Crippen LogP contribution in [-0.4, -0.2) is 15.3 Å². The quantitative estimate of drug-likeness (QED) is 0.293. The van der Waals surface area contributed by atoms with Gasteiger partial charge in [0.2, 0.25) is 0 Å². The second kappa shape index (κ2) is 10.1. The van der Waals surface area contributed by atoms with Crippen LogP contribution in [0.4, 0.5) is 0 Å². The molecular weight excluding hydrogens is 504 g/mol. The van der Waals surface area contributed by atoms with E-state index >= 15 is 0 Å². The van der Waals surface area contributed by atoms with Gasteiger partial charge in [0, 0.05) is 33.4 Å². The lowest BCUT2D eigenvalue weighted by Gasteiger charge is -2.30. The summed E-state index contributed by atoms with van der Waals surface area (Å²) < 4.78 is 0. The van der Waals surface area contributed by atoms with Gasteiger partial charge in [0.1, 0.15) is 17.2 Å². The highest BCUT2D eigenvalue weighted by molar-refractivity contribution is 5.89. The van der Waals surface area contributed by atoms with Crippen LogP contribution in [0.1, 0.15) is 132 Å². The Morgan fingerprint density at radius 1 is 0.317 bits per heavy atom. The second-order valence-corrected chi connectivity index (χ2v) is 17.0. The van der Waals surface area contributed by atoms with E-state index in [0.29, 0.717) is 22.3 Å². The molecule has 0 aliphatic rings. The second-order valence-electron chi connectivity index (χ2n) is 17.0. The third-order valence-corrected chi connectivity index (χ3v) is 8.12. The molecule has 0 aliphatic heterocycles. The SMILES string of the molecule is CC(C)(C)c1cc(-c2cc(C(C)(C)C)cc(C(C)(C)C)c2O)c(O)c(-c2cc(C(C)(C)C)cc(C(C)(C)C)c2O)c1. The van der Waals surface area contributed by atoms with Gasteiger partial charge in [-0.05, 0) is 68.0 Å². The maximum absolute atomic E-state index is 12.1. The number of phenols is 3. The first kappa shape index (κ1) is 32.6. The Kier molecular flexibility index (Phi) is 8.03. The van der Waals surface area contributed by atoms with Crippen LogP contribution in [0.3, 0.4) is 0 Å². The van der Waals surface area contributed by atoms with Crippen LogP contribution < -0.4 is 0 Å². The van der Waals surface area contributed by atoms with Crippen molar-refractivity contribution in [2.75, 3.05) is 0 Å². The van der Waals surface area contributed by atoms with Gasteiger partial charge in [-0.25, -0.2) is 0 Å². The topological polar surface area (TPSA) is 60.7 Å². The number of rotatable bonds is 2. The minimum absolute atomic E-state index is 0.0560. The van der Waals surface area contributed by atoms with Crippen molar-refractivity contribution in [3.05, 3.63) is 64.2 Å². The summed E-state index contributed by atoms with van der Waals surface area (Å²) in [5.41, 5.74) is 6.04. The first-order valence-electron chi connectivity index (χ1n) is 14.9. The summed E-state index contributed by atoms with van der Waals surface area (Å²) in [7, 11) is 0. The lowest BCUT2D eigenvalue weighted by Crippen LogP contribution is -2.17. The van der Waals surface area contributed by atoms with E-state index in [0.717, 1.165) is 27.8 Å². The molecule has 0 spiro atoms. The largest absolute Gasteiger partial charge is 0.507 e. The Bertz CT molecular complexity index is 1350. The molecule has 0 radical (unpaired) electrons. The number of aromatic hydroxyl groups is 3. The Labute approximate surface area is 249 Å². The van der Waals surface area contributed by atoms with E-state index in [2.05, 4.69) is 116 Å². The highest BCUT2D eigenvalue weighted by Crippen LogP contribution is 2.51. The number of hydrogen-bond donors (Lipinski definition) is 3. The molecule has 0 saturated carbocycles. The van der Waals surface area contributed by atoms with Crippen molar-refractivity contribution in [3.8, 4) is 39.5 Å². The van der Waals surface area contributed by atoms with E-state index in [-0.39, 0.29) is 44.3 Å². The molecule has 0 saturated heterocycles. The van der Waals surface area contributed by atoms with Crippen molar-refractivity contribution >= 4 is 0 Å². The zero-order valence-corrected chi connectivity index (χ0v) is 28.3. The molecule has 0 aromatic heterocycles. The van der Waals surface area contributed by atoms with Crippen molar-refractivity contribution in [1.29, 1.82) is 0 Å². The monoisotopic (exact) mass is 558 g/mol. The van der Waals surface area contributed by atoms with Crippen molar-refractivity contribution in [3.63, 3.8) is 0 Å². The Balaban J connectivity index is 2.57. The Morgan fingerprint density at radius 3 is 0.756 bits per heavy atom. The van der Waals surface area contributed by atoms with Crippen LogP contribution in [-0.2, 0) is 27.1 Å². The normalized spacial score (nSPS) is 13.5. The molecule has 0 heterocycles. The molecule has 0 amide bonds. The van der Waals surface area contributed by atoms with Crippen molar-refractivity contribution in [2.45, 2.75) is 131 Å². The van der Waals surface area contributed by atoms with Crippen molar-refractivity contribution in [2.24, 2.45) is 0 Å². The highest BCUT2D eigenvalue weighted by atomic mass is 16.3. The van der Waals surface area contributed by atoms with Crippen LogP contribution in [0, 0.1) is 0 Å². The molecule has 3 N–H and O–H groups in total. The molecule has 224 valence electrons. The first-order chi connectivity index (χ1) is 18.2. The summed E-state index contributed by atoms with van der Waals surface area (Å²) in [5.74, 6) is 0.419. The van der Waals surface area contributed by atoms with Crippen molar-refractivity contribution < 1.29 is 15.3 Å². The van der Waals surface area contributed by atoms with Crippen LogP contribution >= 0.6 is 0 Å². The summed E-state index contributed by atoms with van der Waals surface area (Å²) in [4.78, 5) is 0. The molecule has 3 aromatic carbocycles. The Morgan fingerprint density at radius 2 is 0.537 bits per heavy atom. The summed E-state index contributed by atoms with van der Waals surface area (Å²) in [5, 5.41) is 35.6. The van der Waals surface area contributed by atoms with Gasteiger partial charge in [0.15, 0.2) is 0 Å². The number of hydrogen-bond acceptors (Lipinski definition) is 3. The third kappa shape index (κ3) is 6.60. The van der Waals surface area contributed by atoms with Gasteiger partial charge in [-0.15, -0.1) is 0 Å². The van der Waals surface area contributed by atoms with Crippen LogP contribution in [0.25, 0.3) is 22.3 Å². The summed E-state index contributed by atoms with van der Waals surface area (Å²) in [6.07, 6.45) is 0. The molecule has 3 heteroatoms. The van der Waals surface area contributed by atoms with Crippen LogP contribution in [0.15, 0.2) is 36.4 Å². The van der Waals surface area contributed by atoms with Gasteiger partial charge in [-0.2, -0.15) is 0 Å². The number of phenolic OH excluding ortho intramolecular Hbond substituents is 3. The summed E-state index contributed by atoms with van der Waals surface area (Å²) in [6, 6.07) is 12.2. The van der Waals surface area contributed by atoms with Gasteiger partial charge >= 0.3 is 0 Å². The fourth-order valence-corrected chi connectivity index (χ4v) is 5.17. The molecule has 0 fully saturated rings. The predicted molar refractivity (Wildman–Crippen MR) is 176 cm³/mol. The lowest BCUT2D eigenvalue weighted by molar-refractivity contribution is 0.443. The summed E-state index contributed by atoms with van der Waals surface area (Å²) in [6.45, 7) is 32.0. The third-order valence-electron chi connectivity index (χ3n) is 8.12. The lowest BCUT2D eigenvalue weighted by atomic mass is 9.76. The minimum Gasteiger partial charge on any atom is -0.507 e. The highest BCUT2D eigenvalue weighted by Gasteiger charge is 2.31. The molecule has 41 heavy (non-hydrogen) atoms. The van der Waals surface area contributed by atoms with E-state index in [1.165, 1.54) is 0 Å². The standard InChI is InChI=1S/C38H54O3/c1-34(2,3)22-16-25(27-18-23(35(4,5)6)20-29(32(27)40)37(10,11)12)31(39)26(17-22)28-19-24(36(7,8)9)21-30(33(28)41)38(13,14)15/h16-21,39-41H,1-15H3. The maximum Gasteiger partial charge on any atom is 0.131 e. The molecule has 3 nitrogen and oxygen atoms in total. The molecule has 3 rings (SSSR count). The van der Waals surface area contributed by atoms with Crippen molar-refractivity contribution in [1.82, 2.24) is 0 Å². The van der Waals surface area contributed by atoms with E-state index < -0.39 is 0 Å².